The molecule has 1 aromatic carbocycles. The molecule has 2 aliphatic heterocycles. The van der Waals surface area contributed by atoms with Crippen LogP contribution in [0.25, 0.3) is 0 Å². The number of likely N-dealkylation sites (tertiary alicyclic amines) is 1. The quantitative estimate of drug-likeness (QED) is 0.602. The van der Waals surface area contributed by atoms with E-state index in [1.165, 1.54) is 7.11 Å². The lowest BCUT2D eigenvalue weighted by Gasteiger charge is -2.30. The van der Waals surface area contributed by atoms with Gasteiger partial charge in [0.2, 0.25) is 12.7 Å². The van der Waals surface area contributed by atoms with Crippen LogP contribution in [0.15, 0.2) is 18.2 Å². The Hall–Kier alpha value is -2.57. The molecular formula is C17H19NO6. The van der Waals surface area contributed by atoms with Gasteiger partial charge >= 0.3 is 5.97 Å². The van der Waals surface area contributed by atoms with E-state index in [0.717, 1.165) is 5.56 Å². The van der Waals surface area contributed by atoms with E-state index in [1.54, 1.807) is 4.90 Å². The molecule has 2 heterocycles. The van der Waals surface area contributed by atoms with E-state index in [9.17, 15) is 14.4 Å². The number of esters is 1. The van der Waals surface area contributed by atoms with Crippen molar-refractivity contribution >= 4 is 17.7 Å². The van der Waals surface area contributed by atoms with Crippen LogP contribution >= 0.6 is 0 Å². The highest BCUT2D eigenvalue weighted by molar-refractivity contribution is 6.00. The van der Waals surface area contributed by atoms with Gasteiger partial charge in [-0.1, -0.05) is 6.07 Å². The zero-order valence-electron chi connectivity index (χ0n) is 13.4. The first-order chi connectivity index (χ1) is 11.6. The lowest BCUT2D eigenvalue weighted by Crippen LogP contribution is -2.47. The molecule has 1 fully saturated rings. The monoisotopic (exact) mass is 333 g/mol. The number of ether oxygens (including phenoxy) is 3. The number of hydrogen-bond acceptors (Lipinski definition) is 6. The number of rotatable bonds is 4. The van der Waals surface area contributed by atoms with Gasteiger partial charge in [-0.15, -0.1) is 0 Å². The summed E-state index contributed by atoms with van der Waals surface area (Å²) in [7, 11) is 1.25. The second-order valence-electron chi connectivity index (χ2n) is 5.82. The van der Waals surface area contributed by atoms with Crippen molar-refractivity contribution in [3.63, 3.8) is 0 Å². The van der Waals surface area contributed by atoms with E-state index < -0.39 is 11.9 Å². The highest BCUT2D eigenvalue weighted by Crippen LogP contribution is 2.32. The Bertz CT molecular complexity index is 663. The molecule has 0 aromatic heterocycles. The molecule has 7 heteroatoms. The highest BCUT2D eigenvalue weighted by Gasteiger charge is 2.35. The van der Waals surface area contributed by atoms with Crippen molar-refractivity contribution in [2.24, 2.45) is 5.92 Å². The number of benzene rings is 1. The third kappa shape index (κ3) is 3.34. The topological polar surface area (TPSA) is 82.1 Å². The molecule has 24 heavy (non-hydrogen) atoms. The highest BCUT2D eigenvalue weighted by atomic mass is 16.7. The van der Waals surface area contributed by atoms with Crippen LogP contribution in [0.5, 0.6) is 11.5 Å². The first-order valence-electron chi connectivity index (χ1n) is 7.85. The van der Waals surface area contributed by atoms with Crippen LogP contribution in [-0.4, -0.2) is 49.6 Å². The maximum Gasteiger partial charge on any atom is 0.318 e. The lowest BCUT2D eigenvalue weighted by atomic mass is 9.96. The number of fused-ring (bicyclic) bond motifs is 1. The minimum Gasteiger partial charge on any atom is -0.468 e. The molecule has 1 amide bonds. The molecule has 1 saturated heterocycles. The molecule has 7 nitrogen and oxygen atoms in total. The van der Waals surface area contributed by atoms with E-state index >= 15 is 0 Å². The Morgan fingerprint density at radius 3 is 2.88 bits per heavy atom. The van der Waals surface area contributed by atoms with Crippen LogP contribution in [0.3, 0.4) is 0 Å². The van der Waals surface area contributed by atoms with Gasteiger partial charge in [-0.3, -0.25) is 14.4 Å². The summed E-state index contributed by atoms with van der Waals surface area (Å²) in [4.78, 5) is 37.4. The maximum absolute atomic E-state index is 12.4. The summed E-state index contributed by atoms with van der Waals surface area (Å²) in [6.07, 6.45) is 1.06. The predicted octanol–water partition coefficient (Wildman–Crippen LogP) is 0.938. The largest absolute Gasteiger partial charge is 0.468 e. The second kappa shape index (κ2) is 6.90. The fourth-order valence-electron chi connectivity index (χ4n) is 2.91. The zero-order chi connectivity index (χ0) is 17.1. The lowest BCUT2D eigenvalue weighted by molar-refractivity contribution is -0.153. The van der Waals surface area contributed by atoms with Crippen molar-refractivity contribution in [3.05, 3.63) is 23.8 Å². The standard InChI is InChI=1S/C17H19NO6/c1-22-17(21)12-9-18(7-6-13(12)19)16(20)5-3-11-2-4-14-15(8-11)24-10-23-14/h2,4,8,12H,3,5-7,9-10H2,1H3. The van der Waals surface area contributed by atoms with Crippen molar-refractivity contribution in [1.82, 2.24) is 4.90 Å². The average molecular weight is 333 g/mol. The van der Waals surface area contributed by atoms with Crippen molar-refractivity contribution in [3.8, 4) is 11.5 Å². The summed E-state index contributed by atoms with van der Waals surface area (Å²) in [6.45, 7) is 0.673. The number of carbonyl (C=O) groups excluding carboxylic acids is 3. The van der Waals surface area contributed by atoms with E-state index in [-0.39, 0.29) is 31.4 Å². The summed E-state index contributed by atoms with van der Waals surface area (Å²) < 4.78 is 15.2. The Balaban J connectivity index is 1.57. The third-order valence-corrected chi connectivity index (χ3v) is 4.32. The summed E-state index contributed by atoms with van der Waals surface area (Å²) >= 11 is 0. The molecule has 0 radical (unpaired) electrons. The fourth-order valence-corrected chi connectivity index (χ4v) is 2.91. The molecule has 3 rings (SSSR count). The van der Waals surface area contributed by atoms with Gasteiger partial charge in [0.05, 0.1) is 7.11 Å². The summed E-state index contributed by atoms with van der Waals surface area (Å²) in [5.41, 5.74) is 0.977. The van der Waals surface area contributed by atoms with Crippen LogP contribution in [0, 0.1) is 5.92 Å². The van der Waals surface area contributed by atoms with Crippen LogP contribution in [0.1, 0.15) is 18.4 Å². The minimum atomic E-state index is -0.863. The first kappa shape index (κ1) is 16.3. The number of aryl methyl sites for hydroxylation is 1. The molecule has 1 aromatic rings. The minimum absolute atomic E-state index is 0.0749. The number of nitrogens with zero attached hydrogens (tertiary/aromatic N) is 1. The first-order valence-corrected chi connectivity index (χ1v) is 7.85. The Labute approximate surface area is 139 Å². The molecule has 0 saturated carbocycles. The molecule has 0 aliphatic carbocycles. The Kier molecular flexibility index (Phi) is 4.69. The van der Waals surface area contributed by atoms with Gasteiger partial charge in [-0.25, -0.2) is 0 Å². The molecule has 1 unspecified atom stereocenters. The molecule has 2 aliphatic rings. The Morgan fingerprint density at radius 1 is 1.29 bits per heavy atom. The van der Waals surface area contributed by atoms with Crippen molar-refractivity contribution in [2.45, 2.75) is 19.3 Å². The van der Waals surface area contributed by atoms with Crippen LogP contribution in [-0.2, 0) is 25.5 Å². The van der Waals surface area contributed by atoms with Crippen molar-refractivity contribution in [2.75, 3.05) is 27.0 Å². The number of Topliss-reactive ketones (excluding diaryl/α,β-unsaturated/α-hetero) is 1. The maximum atomic E-state index is 12.4. The van der Waals surface area contributed by atoms with Gasteiger partial charge < -0.3 is 19.1 Å². The molecule has 1 atom stereocenters. The number of carbonyl (C=O) groups is 3. The van der Waals surface area contributed by atoms with E-state index in [4.69, 9.17) is 9.47 Å². The SMILES string of the molecule is COC(=O)C1CN(C(=O)CCc2ccc3c(c2)OCO3)CCC1=O. The van der Waals surface area contributed by atoms with Crippen LogP contribution < -0.4 is 9.47 Å². The van der Waals surface area contributed by atoms with E-state index in [2.05, 4.69) is 4.74 Å². The van der Waals surface area contributed by atoms with Crippen molar-refractivity contribution in [1.29, 1.82) is 0 Å². The fraction of sp³-hybridized carbons (Fsp3) is 0.471. The van der Waals surface area contributed by atoms with Crippen LogP contribution in [0.2, 0.25) is 0 Å². The second-order valence-corrected chi connectivity index (χ2v) is 5.82. The molecule has 128 valence electrons. The number of methoxy groups -OCH3 is 1. The summed E-state index contributed by atoms with van der Waals surface area (Å²) in [5.74, 6) is -0.280. The molecular weight excluding hydrogens is 314 g/mol. The average Bonchev–Trinajstić information content (AvgIpc) is 3.07. The third-order valence-electron chi connectivity index (χ3n) is 4.32. The van der Waals surface area contributed by atoms with Crippen LogP contribution in [0.4, 0.5) is 0 Å². The van der Waals surface area contributed by atoms with Gasteiger partial charge in [0.25, 0.3) is 0 Å². The van der Waals surface area contributed by atoms with Crippen molar-refractivity contribution < 1.29 is 28.6 Å². The van der Waals surface area contributed by atoms with Gasteiger partial charge in [0.15, 0.2) is 17.3 Å². The van der Waals surface area contributed by atoms with Gasteiger partial charge in [0.1, 0.15) is 5.92 Å². The number of amides is 1. The normalized spacial score (nSPS) is 19.3. The number of piperidine rings is 1. The summed E-state index contributed by atoms with van der Waals surface area (Å²) in [5, 5.41) is 0. The predicted molar refractivity (Wildman–Crippen MR) is 82.6 cm³/mol. The van der Waals surface area contributed by atoms with Gasteiger partial charge in [-0.2, -0.15) is 0 Å². The van der Waals surface area contributed by atoms with Gasteiger partial charge in [-0.05, 0) is 24.1 Å². The molecule has 0 spiro atoms. The summed E-state index contributed by atoms with van der Waals surface area (Å²) in [6, 6.07) is 5.60. The van der Waals surface area contributed by atoms with Gasteiger partial charge in [0, 0.05) is 25.9 Å². The number of hydrogen-bond donors (Lipinski definition) is 0. The van der Waals surface area contributed by atoms with E-state index in [0.29, 0.717) is 30.9 Å². The molecule has 0 bridgehead atoms. The molecule has 0 N–H and O–H groups in total. The Morgan fingerprint density at radius 2 is 2.08 bits per heavy atom. The number of ketones is 1. The zero-order valence-corrected chi connectivity index (χ0v) is 13.4. The smallest absolute Gasteiger partial charge is 0.318 e. The van der Waals surface area contributed by atoms with E-state index in [1.807, 2.05) is 18.2 Å².